The highest BCUT2D eigenvalue weighted by Crippen LogP contribution is 2.27. The van der Waals surface area contributed by atoms with Crippen LogP contribution < -0.4 is 5.32 Å². The van der Waals surface area contributed by atoms with Gasteiger partial charge in [-0.05, 0) is 21.0 Å². The number of carbonyl (C=O) groups is 1. The average molecular weight is 289 g/mol. The van der Waals surface area contributed by atoms with Crippen LogP contribution in [0.15, 0.2) is 30.3 Å². The molecule has 0 saturated heterocycles. The standard InChI is InChI=1S/C15H19N3OS/c1-11-13(14(19)16-9-10-18(2)3)17-15(20-11)12-7-5-4-6-8-12/h4-8H,9-10H2,1-3H3,(H,16,19). The Morgan fingerprint density at radius 1 is 1.30 bits per heavy atom. The summed E-state index contributed by atoms with van der Waals surface area (Å²) in [5, 5.41) is 3.79. The Bertz CT molecular complexity index is 578. The van der Waals surface area contributed by atoms with E-state index < -0.39 is 0 Å². The number of amides is 1. The van der Waals surface area contributed by atoms with Crippen LogP contribution in [0.5, 0.6) is 0 Å². The number of likely N-dealkylation sites (N-methyl/N-ethyl adjacent to an activating group) is 1. The molecule has 20 heavy (non-hydrogen) atoms. The van der Waals surface area contributed by atoms with Gasteiger partial charge in [-0.15, -0.1) is 11.3 Å². The van der Waals surface area contributed by atoms with Gasteiger partial charge in [0, 0.05) is 23.5 Å². The lowest BCUT2D eigenvalue weighted by atomic mass is 10.2. The highest BCUT2D eigenvalue weighted by Gasteiger charge is 2.15. The predicted molar refractivity (Wildman–Crippen MR) is 83.2 cm³/mol. The van der Waals surface area contributed by atoms with Crippen molar-refractivity contribution < 1.29 is 4.79 Å². The summed E-state index contributed by atoms with van der Waals surface area (Å²) in [7, 11) is 3.96. The molecule has 1 N–H and O–H groups in total. The third-order valence-electron chi connectivity index (χ3n) is 2.88. The van der Waals surface area contributed by atoms with E-state index >= 15 is 0 Å². The number of thiazole rings is 1. The number of rotatable bonds is 5. The molecule has 0 radical (unpaired) electrons. The van der Waals surface area contributed by atoms with E-state index in [1.807, 2.05) is 56.3 Å². The molecule has 0 aliphatic carbocycles. The van der Waals surface area contributed by atoms with Crippen molar-refractivity contribution in [3.8, 4) is 10.6 Å². The van der Waals surface area contributed by atoms with Crippen LogP contribution in [0.4, 0.5) is 0 Å². The maximum absolute atomic E-state index is 12.1. The van der Waals surface area contributed by atoms with Gasteiger partial charge < -0.3 is 10.2 Å². The second kappa shape index (κ2) is 6.63. The lowest BCUT2D eigenvalue weighted by molar-refractivity contribution is 0.0946. The van der Waals surface area contributed by atoms with Crippen LogP contribution in [0.1, 0.15) is 15.4 Å². The number of benzene rings is 1. The van der Waals surface area contributed by atoms with Crippen LogP contribution in [0.2, 0.25) is 0 Å². The van der Waals surface area contributed by atoms with Gasteiger partial charge in [-0.1, -0.05) is 30.3 Å². The molecule has 4 nitrogen and oxygen atoms in total. The van der Waals surface area contributed by atoms with Crippen LogP contribution in [0.3, 0.4) is 0 Å². The molecule has 0 fully saturated rings. The zero-order valence-electron chi connectivity index (χ0n) is 12.0. The van der Waals surface area contributed by atoms with Crippen molar-refractivity contribution in [2.24, 2.45) is 0 Å². The molecule has 0 aliphatic heterocycles. The Hall–Kier alpha value is -1.72. The Labute approximate surface area is 123 Å². The topological polar surface area (TPSA) is 45.2 Å². The number of aryl methyl sites for hydroxylation is 1. The van der Waals surface area contributed by atoms with E-state index in [9.17, 15) is 4.79 Å². The number of hydrogen-bond acceptors (Lipinski definition) is 4. The predicted octanol–water partition coefficient (Wildman–Crippen LogP) is 2.41. The van der Waals surface area contributed by atoms with Crippen molar-refractivity contribution in [1.82, 2.24) is 15.2 Å². The molecule has 5 heteroatoms. The first kappa shape index (κ1) is 14.7. The van der Waals surface area contributed by atoms with E-state index in [0.717, 1.165) is 22.0 Å². The molecular weight excluding hydrogens is 270 g/mol. The monoisotopic (exact) mass is 289 g/mol. The summed E-state index contributed by atoms with van der Waals surface area (Å²) in [4.78, 5) is 19.6. The first-order valence-electron chi connectivity index (χ1n) is 6.53. The van der Waals surface area contributed by atoms with Gasteiger partial charge in [0.05, 0.1) is 0 Å². The number of hydrogen-bond donors (Lipinski definition) is 1. The summed E-state index contributed by atoms with van der Waals surface area (Å²) in [6, 6.07) is 9.93. The maximum atomic E-state index is 12.1. The zero-order valence-corrected chi connectivity index (χ0v) is 12.8. The number of aromatic nitrogens is 1. The fourth-order valence-electron chi connectivity index (χ4n) is 1.79. The molecule has 1 aromatic heterocycles. The highest BCUT2D eigenvalue weighted by molar-refractivity contribution is 7.15. The number of nitrogens with zero attached hydrogens (tertiary/aromatic N) is 2. The molecular formula is C15H19N3OS. The Kier molecular flexibility index (Phi) is 4.87. The van der Waals surface area contributed by atoms with Crippen LogP contribution >= 0.6 is 11.3 Å². The molecule has 0 unspecified atom stereocenters. The van der Waals surface area contributed by atoms with Gasteiger partial charge in [0.25, 0.3) is 5.91 Å². The number of carbonyl (C=O) groups excluding carboxylic acids is 1. The quantitative estimate of drug-likeness (QED) is 0.919. The molecule has 106 valence electrons. The summed E-state index contributed by atoms with van der Waals surface area (Å²) >= 11 is 1.55. The van der Waals surface area contributed by atoms with Gasteiger partial charge in [0.2, 0.25) is 0 Å². The van der Waals surface area contributed by atoms with Gasteiger partial charge in [0.1, 0.15) is 10.7 Å². The first-order valence-corrected chi connectivity index (χ1v) is 7.35. The first-order chi connectivity index (χ1) is 9.58. The molecule has 2 aromatic rings. The second-order valence-electron chi connectivity index (χ2n) is 4.85. The van der Waals surface area contributed by atoms with E-state index in [4.69, 9.17) is 0 Å². The van der Waals surface area contributed by atoms with E-state index in [1.165, 1.54) is 0 Å². The normalized spacial score (nSPS) is 10.8. The fraction of sp³-hybridized carbons (Fsp3) is 0.333. The molecule has 1 aromatic carbocycles. The summed E-state index contributed by atoms with van der Waals surface area (Å²) in [6.07, 6.45) is 0. The molecule has 0 aliphatic rings. The van der Waals surface area contributed by atoms with Crippen molar-refractivity contribution in [2.75, 3.05) is 27.2 Å². The molecule has 0 saturated carbocycles. The van der Waals surface area contributed by atoms with E-state index in [0.29, 0.717) is 12.2 Å². The van der Waals surface area contributed by atoms with Crippen molar-refractivity contribution >= 4 is 17.2 Å². The molecule has 1 amide bonds. The van der Waals surface area contributed by atoms with Gasteiger partial charge in [-0.3, -0.25) is 4.79 Å². The van der Waals surface area contributed by atoms with Gasteiger partial charge in [-0.2, -0.15) is 0 Å². The second-order valence-corrected chi connectivity index (χ2v) is 6.05. The summed E-state index contributed by atoms with van der Waals surface area (Å²) in [6.45, 7) is 3.38. The van der Waals surface area contributed by atoms with Gasteiger partial charge >= 0.3 is 0 Å². The molecule has 0 bridgehead atoms. The summed E-state index contributed by atoms with van der Waals surface area (Å²) in [5.41, 5.74) is 1.58. The van der Waals surface area contributed by atoms with Gasteiger partial charge in [-0.25, -0.2) is 4.98 Å². The molecule has 2 rings (SSSR count). The zero-order chi connectivity index (χ0) is 14.5. The smallest absolute Gasteiger partial charge is 0.271 e. The fourth-order valence-corrected chi connectivity index (χ4v) is 2.70. The third-order valence-corrected chi connectivity index (χ3v) is 3.90. The van der Waals surface area contributed by atoms with Crippen LogP contribution in [0, 0.1) is 6.92 Å². The van der Waals surface area contributed by atoms with Crippen LogP contribution in [-0.2, 0) is 0 Å². The van der Waals surface area contributed by atoms with Crippen LogP contribution in [-0.4, -0.2) is 43.0 Å². The van der Waals surface area contributed by atoms with Crippen molar-refractivity contribution in [1.29, 1.82) is 0 Å². The molecule has 1 heterocycles. The van der Waals surface area contributed by atoms with Crippen LogP contribution in [0.25, 0.3) is 10.6 Å². The minimum atomic E-state index is -0.0946. The van der Waals surface area contributed by atoms with Crippen molar-refractivity contribution in [2.45, 2.75) is 6.92 Å². The van der Waals surface area contributed by atoms with Crippen molar-refractivity contribution in [3.05, 3.63) is 40.9 Å². The maximum Gasteiger partial charge on any atom is 0.271 e. The minimum absolute atomic E-state index is 0.0946. The highest BCUT2D eigenvalue weighted by atomic mass is 32.1. The third kappa shape index (κ3) is 3.65. The lowest BCUT2D eigenvalue weighted by Gasteiger charge is -2.09. The molecule has 0 spiro atoms. The van der Waals surface area contributed by atoms with E-state index in [-0.39, 0.29) is 5.91 Å². The largest absolute Gasteiger partial charge is 0.349 e. The van der Waals surface area contributed by atoms with E-state index in [2.05, 4.69) is 10.3 Å². The summed E-state index contributed by atoms with van der Waals surface area (Å²) in [5.74, 6) is -0.0946. The summed E-state index contributed by atoms with van der Waals surface area (Å²) < 4.78 is 0. The minimum Gasteiger partial charge on any atom is -0.349 e. The SMILES string of the molecule is Cc1sc(-c2ccccc2)nc1C(=O)NCCN(C)C. The number of nitrogens with one attached hydrogen (secondary N) is 1. The average Bonchev–Trinajstić information content (AvgIpc) is 2.81. The Balaban J connectivity index is 2.10. The molecule has 0 atom stereocenters. The van der Waals surface area contributed by atoms with Gasteiger partial charge in [0.15, 0.2) is 0 Å². The Morgan fingerprint density at radius 2 is 2.00 bits per heavy atom. The van der Waals surface area contributed by atoms with E-state index in [1.54, 1.807) is 11.3 Å². The lowest BCUT2D eigenvalue weighted by Crippen LogP contribution is -2.31. The van der Waals surface area contributed by atoms with Crippen molar-refractivity contribution in [3.63, 3.8) is 0 Å². The Morgan fingerprint density at radius 3 is 2.65 bits per heavy atom.